The number of ether oxygens (including phenoxy) is 1. The summed E-state index contributed by atoms with van der Waals surface area (Å²) in [5, 5.41) is 14.5. The number of hydrogen-bond acceptors (Lipinski definition) is 9. The highest BCUT2D eigenvalue weighted by molar-refractivity contribution is 7.98. The van der Waals surface area contributed by atoms with Gasteiger partial charge in [-0.15, -0.1) is 0 Å². The Morgan fingerprint density at radius 1 is 1.24 bits per heavy atom. The van der Waals surface area contributed by atoms with Crippen molar-refractivity contribution in [3.63, 3.8) is 0 Å². The summed E-state index contributed by atoms with van der Waals surface area (Å²) >= 11 is 1.71. The molecule has 9 nitrogen and oxygen atoms in total. The first-order chi connectivity index (χ1) is 14.0. The minimum Gasteiger partial charge on any atom is -0.464 e. The lowest BCUT2D eigenvalue weighted by Gasteiger charge is -2.28. The van der Waals surface area contributed by atoms with Gasteiger partial charge in [-0.1, -0.05) is 0 Å². The second-order valence-electron chi connectivity index (χ2n) is 6.98. The van der Waals surface area contributed by atoms with Gasteiger partial charge in [0.1, 0.15) is 17.3 Å². The lowest BCUT2D eigenvalue weighted by atomic mass is 10.3. The number of nitro groups is 1. The van der Waals surface area contributed by atoms with E-state index in [0.29, 0.717) is 25.6 Å². The predicted molar refractivity (Wildman–Crippen MR) is 115 cm³/mol. The first-order valence-electron chi connectivity index (χ1n) is 9.55. The summed E-state index contributed by atoms with van der Waals surface area (Å²) in [6.45, 7) is 4.11. The molecule has 1 fully saturated rings. The standard InChI is InChI=1S/C19H27N5O4S/c1-22(2)13-15-3-4-16(28-15)14-29-12-7-20-19-17(24(25)26)5-6-18(21-19)23-8-10-27-11-9-23/h3-6H,7-14H2,1-2H3,(H,20,21). The van der Waals surface area contributed by atoms with Gasteiger partial charge in [-0.3, -0.25) is 10.1 Å². The topological polar surface area (TPSA) is 96.9 Å². The molecule has 158 valence electrons. The summed E-state index contributed by atoms with van der Waals surface area (Å²) in [6.07, 6.45) is 0. The maximum atomic E-state index is 11.3. The van der Waals surface area contributed by atoms with E-state index in [1.165, 1.54) is 6.07 Å². The van der Waals surface area contributed by atoms with E-state index in [4.69, 9.17) is 9.15 Å². The van der Waals surface area contributed by atoms with Crippen LogP contribution in [0, 0.1) is 10.1 Å². The van der Waals surface area contributed by atoms with Gasteiger partial charge in [0.05, 0.1) is 30.4 Å². The van der Waals surface area contributed by atoms with Gasteiger partial charge in [0.2, 0.25) is 5.82 Å². The Morgan fingerprint density at radius 3 is 2.72 bits per heavy atom. The fraction of sp³-hybridized carbons (Fsp3) is 0.526. The predicted octanol–water partition coefficient (Wildman–Crippen LogP) is 2.83. The number of nitrogens with one attached hydrogen (secondary N) is 1. The second-order valence-corrected chi connectivity index (χ2v) is 8.08. The molecule has 0 bridgehead atoms. The molecule has 0 spiro atoms. The van der Waals surface area contributed by atoms with Crippen LogP contribution in [0.4, 0.5) is 17.3 Å². The lowest BCUT2D eigenvalue weighted by molar-refractivity contribution is -0.384. The van der Waals surface area contributed by atoms with Crippen LogP contribution >= 0.6 is 11.8 Å². The number of nitrogens with zero attached hydrogens (tertiary/aromatic N) is 4. The van der Waals surface area contributed by atoms with Gasteiger partial charge < -0.3 is 24.3 Å². The molecule has 0 unspecified atom stereocenters. The van der Waals surface area contributed by atoms with Gasteiger partial charge in [0.15, 0.2) is 0 Å². The lowest BCUT2D eigenvalue weighted by Crippen LogP contribution is -2.36. The Morgan fingerprint density at radius 2 is 2.00 bits per heavy atom. The van der Waals surface area contributed by atoms with Crippen LogP contribution in [0.3, 0.4) is 0 Å². The van der Waals surface area contributed by atoms with E-state index in [1.54, 1.807) is 17.8 Å². The Bertz CT molecular complexity index is 808. The van der Waals surface area contributed by atoms with Crippen molar-refractivity contribution >= 4 is 29.1 Å². The summed E-state index contributed by atoms with van der Waals surface area (Å²) < 4.78 is 11.1. The summed E-state index contributed by atoms with van der Waals surface area (Å²) in [5.74, 6) is 4.47. The third-order valence-corrected chi connectivity index (χ3v) is 5.35. The molecule has 1 saturated heterocycles. The van der Waals surface area contributed by atoms with E-state index in [0.717, 1.165) is 48.5 Å². The van der Waals surface area contributed by atoms with Crippen LogP contribution in [0.2, 0.25) is 0 Å². The van der Waals surface area contributed by atoms with Crippen LogP contribution in [0.15, 0.2) is 28.7 Å². The first-order valence-corrected chi connectivity index (χ1v) is 10.7. The number of furan rings is 1. The van der Waals surface area contributed by atoms with Gasteiger partial charge in [-0.2, -0.15) is 11.8 Å². The van der Waals surface area contributed by atoms with Crippen LogP contribution in [0.1, 0.15) is 11.5 Å². The van der Waals surface area contributed by atoms with E-state index in [9.17, 15) is 10.1 Å². The summed E-state index contributed by atoms with van der Waals surface area (Å²) in [5.41, 5.74) is -0.00799. The highest BCUT2D eigenvalue weighted by Gasteiger charge is 2.19. The van der Waals surface area contributed by atoms with Crippen molar-refractivity contribution in [2.24, 2.45) is 0 Å². The van der Waals surface area contributed by atoms with Crippen molar-refractivity contribution in [3.8, 4) is 0 Å². The third-order valence-electron chi connectivity index (χ3n) is 4.36. The second kappa shape index (κ2) is 10.5. The van der Waals surface area contributed by atoms with E-state index in [1.807, 2.05) is 26.2 Å². The third kappa shape index (κ3) is 6.34. The molecule has 0 aliphatic carbocycles. The number of anilines is 2. The summed E-state index contributed by atoms with van der Waals surface area (Å²) in [7, 11) is 4.01. The van der Waals surface area contributed by atoms with Crippen LogP contribution in [-0.2, 0) is 17.0 Å². The molecule has 3 heterocycles. The quantitative estimate of drug-likeness (QED) is 0.353. The number of hydrogen-bond donors (Lipinski definition) is 1. The maximum absolute atomic E-state index is 11.3. The highest BCUT2D eigenvalue weighted by Crippen LogP contribution is 2.26. The van der Waals surface area contributed by atoms with Crippen LogP contribution in [0.25, 0.3) is 0 Å². The van der Waals surface area contributed by atoms with E-state index < -0.39 is 4.92 Å². The van der Waals surface area contributed by atoms with Crippen molar-refractivity contribution < 1.29 is 14.1 Å². The SMILES string of the molecule is CN(C)Cc1ccc(CSCCNc2nc(N3CCOCC3)ccc2[N+](=O)[O-])o1. The normalized spacial score (nSPS) is 14.4. The van der Waals surface area contributed by atoms with Crippen molar-refractivity contribution in [2.75, 3.05) is 62.9 Å². The van der Waals surface area contributed by atoms with Gasteiger partial charge in [-0.25, -0.2) is 4.98 Å². The van der Waals surface area contributed by atoms with Crippen molar-refractivity contribution in [1.29, 1.82) is 0 Å². The Hall–Kier alpha value is -2.30. The molecular formula is C19H27N5O4S. The molecule has 0 atom stereocenters. The zero-order valence-electron chi connectivity index (χ0n) is 16.8. The van der Waals surface area contributed by atoms with E-state index >= 15 is 0 Å². The largest absolute Gasteiger partial charge is 0.464 e. The fourth-order valence-electron chi connectivity index (χ4n) is 3.00. The molecule has 10 heteroatoms. The molecular weight excluding hydrogens is 394 g/mol. The molecule has 2 aromatic rings. The number of morpholine rings is 1. The molecule has 0 amide bonds. The smallest absolute Gasteiger partial charge is 0.311 e. The fourth-order valence-corrected chi connectivity index (χ4v) is 3.75. The molecule has 0 saturated carbocycles. The minimum atomic E-state index is -0.402. The van der Waals surface area contributed by atoms with Gasteiger partial charge >= 0.3 is 5.69 Å². The molecule has 1 aliphatic heterocycles. The van der Waals surface area contributed by atoms with Crippen LogP contribution in [-0.4, -0.2) is 67.5 Å². The average Bonchev–Trinajstić information content (AvgIpc) is 3.14. The van der Waals surface area contributed by atoms with Crippen molar-refractivity contribution in [1.82, 2.24) is 9.88 Å². The van der Waals surface area contributed by atoms with Crippen molar-refractivity contribution in [3.05, 3.63) is 45.9 Å². The molecule has 3 rings (SSSR count). The highest BCUT2D eigenvalue weighted by atomic mass is 32.2. The maximum Gasteiger partial charge on any atom is 0.311 e. The number of aromatic nitrogens is 1. The van der Waals surface area contributed by atoms with Crippen LogP contribution in [0.5, 0.6) is 0 Å². The van der Waals surface area contributed by atoms with E-state index in [-0.39, 0.29) is 5.69 Å². The minimum absolute atomic E-state index is 0.00799. The molecule has 0 radical (unpaired) electrons. The monoisotopic (exact) mass is 421 g/mol. The summed E-state index contributed by atoms with van der Waals surface area (Å²) in [6, 6.07) is 7.21. The van der Waals surface area contributed by atoms with Crippen molar-refractivity contribution in [2.45, 2.75) is 12.3 Å². The number of pyridine rings is 1. The Balaban J connectivity index is 1.51. The zero-order valence-corrected chi connectivity index (χ0v) is 17.6. The molecule has 1 N–H and O–H groups in total. The van der Waals surface area contributed by atoms with E-state index in [2.05, 4.69) is 20.1 Å². The summed E-state index contributed by atoms with van der Waals surface area (Å²) in [4.78, 5) is 19.6. The first kappa shape index (κ1) is 21.4. The average molecular weight is 422 g/mol. The molecule has 29 heavy (non-hydrogen) atoms. The number of thioether (sulfide) groups is 1. The van der Waals surface area contributed by atoms with Gasteiger partial charge in [0, 0.05) is 31.5 Å². The molecule has 0 aromatic carbocycles. The zero-order chi connectivity index (χ0) is 20.6. The Kier molecular flexibility index (Phi) is 7.73. The Labute approximate surface area is 174 Å². The molecule has 2 aromatic heterocycles. The molecule has 1 aliphatic rings. The van der Waals surface area contributed by atoms with Gasteiger partial charge in [0.25, 0.3) is 0 Å². The van der Waals surface area contributed by atoms with Gasteiger partial charge in [-0.05, 0) is 32.3 Å². The van der Waals surface area contributed by atoms with Crippen LogP contribution < -0.4 is 10.2 Å². The number of rotatable bonds is 10.